The molecule has 1 aromatic rings. The number of hydrogen-bond acceptors (Lipinski definition) is 3. The zero-order valence-corrected chi connectivity index (χ0v) is 14.3. The summed E-state index contributed by atoms with van der Waals surface area (Å²) in [5.41, 5.74) is 4.18. The van der Waals surface area contributed by atoms with E-state index in [0.717, 1.165) is 6.54 Å². The molecular formula is C18H31N3. The van der Waals surface area contributed by atoms with Gasteiger partial charge in [-0.2, -0.15) is 0 Å². The highest BCUT2D eigenvalue weighted by molar-refractivity contribution is 5.33. The summed E-state index contributed by atoms with van der Waals surface area (Å²) in [7, 11) is 2.08. The minimum atomic E-state index is 0.427. The summed E-state index contributed by atoms with van der Waals surface area (Å²) < 4.78 is 0. The van der Waals surface area contributed by atoms with Crippen LogP contribution in [-0.4, -0.2) is 55.6 Å². The van der Waals surface area contributed by atoms with Crippen molar-refractivity contribution in [3.63, 3.8) is 0 Å². The lowest BCUT2D eigenvalue weighted by Gasteiger charge is -2.38. The molecule has 21 heavy (non-hydrogen) atoms. The van der Waals surface area contributed by atoms with Crippen molar-refractivity contribution < 1.29 is 0 Å². The average Bonchev–Trinajstić information content (AvgIpc) is 2.46. The lowest BCUT2D eigenvalue weighted by Crippen LogP contribution is -2.50. The normalized spacial score (nSPS) is 19.1. The van der Waals surface area contributed by atoms with E-state index in [9.17, 15) is 0 Å². The van der Waals surface area contributed by atoms with Crippen LogP contribution in [0.5, 0.6) is 0 Å². The van der Waals surface area contributed by atoms with Gasteiger partial charge in [-0.3, -0.25) is 9.80 Å². The van der Waals surface area contributed by atoms with Gasteiger partial charge in [0, 0.05) is 44.8 Å². The van der Waals surface area contributed by atoms with E-state index in [1.807, 2.05) is 0 Å². The fourth-order valence-electron chi connectivity index (χ4n) is 3.28. The molecule has 1 atom stereocenters. The first-order valence-corrected chi connectivity index (χ1v) is 8.22. The van der Waals surface area contributed by atoms with Crippen LogP contribution in [0.25, 0.3) is 0 Å². The fourth-order valence-corrected chi connectivity index (χ4v) is 3.28. The molecule has 0 radical (unpaired) electrons. The van der Waals surface area contributed by atoms with Crippen LogP contribution in [0.3, 0.4) is 0 Å². The number of nitrogens with zero attached hydrogens (tertiary/aromatic N) is 2. The smallest absolute Gasteiger partial charge is 0.0449 e. The van der Waals surface area contributed by atoms with Crippen molar-refractivity contribution in [2.75, 3.05) is 39.8 Å². The molecule has 1 aliphatic heterocycles. The molecule has 1 aromatic carbocycles. The molecule has 0 bridgehead atoms. The van der Waals surface area contributed by atoms with Gasteiger partial charge in [-0.25, -0.2) is 0 Å². The van der Waals surface area contributed by atoms with Crippen LogP contribution in [0.4, 0.5) is 0 Å². The summed E-state index contributed by atoms with van der Waals surface area (Å²) in [5.74, 6) is 0. The zero-order chi connectivity index (χ0) is 15.4. The highest BCUT2D eigenvalue weighted by atomic mass is 15.3. The van der Waals surface area contributed by atoms with Gasteiger partial charge in [0.25, 0.3) is 0 Å². The van der Waals surface area contributed by atoms with Gasteiger partial charge in [-0.05, 0) is 45.9 Å². The second-order valence-electron chi connectivity index (χ2n) is 6.63. The van der Waals surface area contributed by atoms with Crippen molar-refractivity contribution in [1.82, 2.24) is 15.1 Å². The van der Waals surface area contributed by atoms with E-state index in [-0.39, 0.29) is 0 Å². The van der Waals surface area contributed by atoms with E-state index in [1.165, 1.54) is 42.9 Å². The number of rotatable bonds is 5. The second-order valence-corrected chi connectivity index (χ2v) is 6.63. The number of hydrogen-bond donors (Lipinski definition) is 1. The fraction of sp³-hybridized carbons (Fsp3) is 0.667. The molecule has 0 aromatic heterocycles. The number of likely N-dealkylation sites (N-methyl/N-ethyl adjacent to an activating group) is 1. The summed E-state index contributed by atoms with van der Waals surface area (Å²) in [5, 5.41) is 3.50. The van der Waals surface area contributed by atoms with E-state index in [2.05, 4.69) is 68.1 Å². The van der Waals surface area contributed by atoms with Gasteiger partial charge in [-0.1, -0.05) is 23.8 Å². The molecule has 1 N–H and O–H groups in total. The van der Waals surface area contributed by atoms with Crippen LogP contribution in [-0.2, 0) is 0 Å². The van der Waals surface area contributed by atoms with Crippen LogP contribution in [0.15, 0.2) is 18.2 Å². The Balaban J connectivity index is 1.97. The Morgan fingerprint density at radius 3 is 2.29 bits per heavy atom. The van der Waals surface area contributed by atoms with Gasteiger partial charge < -0.3 is 5.32 Å². The lowest BCUT2D eigenvalue weighted by molar-refractivity contribution is 0.102. The van der Waals surface area contributed by atoms with Gasteiger partial charge in [0.15, 0.2) is 0 Å². The Bertz CT molecular complexity index is 448. The van der Waals surface area contributed by atoms with E-state index < -0.39 is 0 Å². The van der Waals surface area contributed by atoms with Gasteiger partial charge >= 0.3 is 0 Å². The average molecular weight is 289 g/mol. The minimum Gasteiger partial charge on any atom is -0.312 e. The predicted octanol–water partition coefficient (Wildman–Crippen LogP) is 2.59. The van der Waals surface area contributed by atoms with Crippen molar-refractivity contribution in [1.29, 1.82) is 0 Å². The summed E-state index contributed by atoms with van der Waals surface area (Å²) in [6.07, 6.45) is 0. The molecule has 1 heterocycles. The van der Waals surface area contributed by atoms with Gasteiger partial charge in [0.2, 0.25) is 0 Å². The topological polar surface area (TPSA) is 18.5 Å². The molecule has 1 aliphatic rings. The molecule has 1 unspecified atom stereocenters. The summed E-state index contributed by atoms with van der Waals surface area (Å²) in [6, 6.07) is 7.90. The van der Waals surface area contributed by atoms with Crippen LogP contribution in [0, 0.1) is 13.8 Å². The summed E-state index contributed by atoms with van der Waals surface area (Å²) in [6.45, 7) is 14.8. The van der Waals surface area contributed by atoms with Gasteiger partial charge in [-0.15, -0.1) is 0 Å². The zero-order valence-electron chi connectivity index (χ0n) is 14.3. The third-order valence-electron chi connectivity index (χ3n) is 4.73. The number of aryl methyl sites for hydroxylation is 2. The molecule has 0 aliphatic carbocycles. The summed E-state index contributed by atoms with van der Waals surface area (Å²) in [4.78, 5) is 5.17. The van der Waals surface area contributed by atoms with E-state index in [1.54, 1.807) is 0 Å². The number of nitrogens with one attached hydrogen (secondary N) is 1. The molecule has 118 valence electrons. The largest absolute Gasteiger partial charge is 0.312 e. The molecular weight excluding hydrogens is 258 g/mol. The van der Waals surface area contributed by atoms with E-state index >= 15 is 0 Å². The van der Waals surface area contributed by atoms with Crippen molar-refractivity contribution in [3.05, 3.63) is 34.9 Å². The Labute approximate surface area is 130 Å². The maximum absolute atomic E-state index is 3.50. The summed E-state index contributed by atoms with van der Waals surface area (Å²) >= 11 is 0. The first kappa shape index (κ1) is 16.5. The number of piperazine rings is 1. The first-order chi connectivity index (χ1) is 10.0. The SMILES string of the molecule is CNC(CN1CCN(C(C)C)CC1)c1ccc(C)cc1C. The Hall–Kier alpha value is -0.900. The van der Waals surface area contributed by atoms with Crippen LogP contribution >= 0.6 is 0 Å². The Kier molecular flexibility index (Phi) is 5.80. The van der Waals surface area contributed by atoms with Crippen molar-refractivity contribution in [3.8, 4) is 0 Å². The van der Waals surface area contributed by atoms with Crippen LogP contribution in [0.2, 0.25) is 0 Å². The maximum atomic E-state index is 3.50. The Morgan fingerprint density at radius 1 is 1.10 bits per heavy atom. The minimum absolute atomic E-state index is 0.427. The van der Waals surface area contributed by atoms with Crippen molar-refractivity contribution >= 4 is 0 Å². The first-order valence-electron chi connectivity index (χ1n) is 8.22. The monoisotopic (exact) mass is 289 g/mol. The van der Waals surface area contributed by atoms with Gasteiger partial charge in [0.1, 0.15) is 0 Å². The Morgan fingerprint density at radius 2 is 1.76 bits per heavy atom. The maximum Gasteiger partial charge on any atom is 0.0449 e. The van der Waals surface area contributed by atoms with E-state index in [4.69, 9.17) is 0 Å². The van der Waals surface area contributed by atoms with Crippen molar-refractivity contribution in [2.45, 2.75) is 39.8 Å². The predicted molar refractivity (Wildman–Crippen MR) is 90.9 cm³/mol. The van der Waals surface area contributed by atoms with Crippen molar-refractivity contribution in [2.24, 2.45) is 0 Å². The molecule has 1 saturated heterocycles. The molecule has 1 fully saturated rings. The standard InChI is InChI=1S/C18H31N3/c1-14(2)21-10-8-20(9-11-21)13-18(19-5)17-7-6-15(3)12-16(17)4/h6-7,12,14,18-19H,8-11,13H2,1-5H3. The molecule has 0 spiro atoms. The second kappa shape index (κ2) is 7.39. The third-order valence-corrected chi connectivity index (χ3v) is 4.73. The molecule has 0 saturated carbocycles. The highest BCUT2D eigenvalue weighted by Gasteiger charge is 2.22. The third kappa shape index (κ3) is 4.29. The molecule has 3 nitrogen and oxygen atoms in total. The van der Waals surface area contributed by atoms with Crippen LogP contribution in [0.1, 0.15) is 36.6 Å². The number of benzene rings is 1. The molecule has 3 heteroatoms. The van der Waals surface area contributed by atoms with Gasteiger partial charge in [0.05, 0.1) is 0 Å². The van der Waals surface area contributed by atoms with E-state index in [0.29, 0.717) is 12.1 Å². The highest BCUT2D eigenvalue weighted by Crippen LogP contribution is 2.20. The lowest BCUT2D eigenvalue weighted by atomic mass is 9.98. The molecule has 2 rings (SSSR count). The molecule has 0 amide bonds. The van der Waals surface area contributed by atoms with Crippen LogP contribution < -0.4 is 5.32 Å². The quantitative estimate of drug-likeness (QED) is 0.899.